The fourth-order valence-corrected chi connectivity index (χ4v) is 3.72. The van der Waals surface area contributed by atoms with Crippen LogP contribution >= 0.6 is 0 Å². The van der Waals surface area contributed by atoms with E-state index in [2.05, 4.69) is 15.5 Å². The van der Waals surface area contributed by atoms with Gasteiger partial charge in [0.15, 0.2) is 0 Å². The molecule has 0 bridgehead atoms. The van der Waals surface area contributed by atoms with Crippen LogP contribution in [0.5, 0.6) is 0 Å². The smallest absolute Gasteiger partial charge is 0.251 e. The second-order valence-corrected chi connectivity index (χ2v) is 7.85. The second-order valence-electron chi connectivity index (χ2n) is 7.85. The summed E-state index contributed by atoms with van der Waals surface area (Å²) in [4.78, 5) is 25.6. The van der Waals surface area contributed by atoms with Crippen molar-refractivity contribution < 1.29 is 14.0 Å². The van der Waals surface area contributed by atoms with Crippen molar-refractivity contribution >= 4 is 11.8 Å². The Bertz CT molecular complexity index is 1070. The van der Waals surface area contributed by atoms with Crippen LogP contribution in [0.3, 0.4) is 0 Å². The predicted octanol–water partition coefficient (Wildman–Crippen LogP) is 2.39. The van der Waals surface area contributed by atoms with Crippen LogP contribution in [-0.2, 0) is 4.79 Å². The Morgan fingerprint density at radius 3 is 2.39 bits per heavy atom. The van der Waals surface area contributed by atoms with Crippen molar-refractivity contribution in [2.24, 2.45) is 5.73 Å². The maximum absolute atomic E-state index is 12.6. The van der Waals surface area contributed by atoms with E-state index in [0.717, 1.165) is 42.6 Å². The van der Waals surface area contributed by atoms with Crippen LogP contribution in [0.2, 0.25) is 0 Å². The summed E-state index contributed by atoms with van der Waals surface area (Å²) in [6.07, 6.45) is 1.58. The molecular formula is C23H25N5O3. The van der Waals surface area contributed by atoms with Crippen molar-refractivity contribution in [1.29, 1.82) is 0 Å². The number of carbonyl (C=O) groups excluding carboxylic acids is 2. The molecule has 0 unspecified atom stereocenters. The van der Waals surface area contributed by atoms with Gasteiger partial charge in [0.25, 0.3) is 5.91 Å². The Hall–Kier alpha value is -3.52. The molecule has 2 amide bonds. The highest BCUT2D eigenvalue weighted by Gasteiger charge is 2.22. The number of nitrogens with two attached hydrogens (primary N) is 1. The Labute approximate surface area is 180 Å². The van der Waals surface area contributed by atoms with Crippen LogP contribution in [0.1, 0.15) is 28.8 Å². The summed E-state index contributed by atoms with van der Waals surface area (Å²) in [5, 5.41) is 11.3. The van der Waals surface area contributed by atoms with Gasteiger partial charge in [0.1, 0.15) is 0 Å². The van der Waals surface area contributed by atoms with Gasteiger partial charge in [-0.25, -0.2) is 0 Å². The van der Waals surface area contributed by atoms with Gasteiger partial charge < -0.3 is 15.5 Å². The van der Waals surface area contributed by atoms with Crippen LogP contribution in [0.15, 0.2) is 52.9 Å². The van der Waals surface area contributed by atoms with Crippen molar-refractivity contribution in [2.75, 3.05) is 19.6 Å². The fourth-order valence-electron chi connectivity index (χ4n) is 3.72. The minimum atomic E-state index is -0.324. The molecule has 1 aliphatic heterocycles. The van der Waals surface area contributed by atoms with E-state index < -0.39 is 0 Å². The minimum absolute atomic E-state index is 0.0872. The normalized spacial score (nSPS) is 15.0. The number of primary amides is 1. The molecule has 0 atom stereocenters. The lowest BCUT2D eigenvalue weighted by Gasteiger charge is -2.31. The topological polar surface area (TPSA) is 114 Å². The maximum Gasteiger partial charge on any atom is 0.251 e. The monoisotopic (exact) mass is 419 g/mol. The van der Waals surface area contributed by atoms with E-state index in [0.29, 0.717) is 17.3 Å². The number of rotatable bonds is 6. The Balaban J connectivity index is 1.36. The number of nitrogens with zero attached hydrogens (tertiary/aromatic N) is 3. The summed E-state index contributed by atoms with van der Waals surface area (Å²) < 4.78 is 5.81. The highest BCUT2D eigenvalue weighted by Crippen LogP contribution is 2.24. The molecule has 2 aromatic carbocycles. The molecule has 0 aliphatic carbocycles. The van der Waals surface area contributed by atoms with E-state index in [4.69, 9.17) is 10.2 Å². The van der Waals surface area contributed by atoms with Crippen molar-refractivity contribution in [1.82, 2.24) is 20.4 Å². The molecule has 160 valence electrons. The fraction of sp³-hybridized carbons (Fsp3) is 0.304. The number of hydrogen-bond donors (Lipinski definition) is 2. The molecule has 8 heteroatoms. The number of hydrogen-bond acceptors (Lipinski definition) is 6. The second kappa shape index (κ2) is 9.09. The maximum atomic E-state index is 12.6. The van der Waals surface area contributed by atoms with E-state index in [1.807, 2.05) is 36.1 Å². The molecular weight excluding hydrogens is 394 g/mol. The third-order valence-corrected chi connectivity index (χ3v) is 5.39. The summed E-state index contributed by atoms with van der Waals surface area (Å²) in [6.45, 7) is 3.76. The minimum Gasteiger partial charge on any atom is -0.416 e. The molecule has 1 saturated heterocycles. The van der Waals surface area contributed by atoms with Gasteiger partial charge in [0.2, 0.25) is 17.7 Å². The zero-order valence-electron chi connectivity index (χ0n) is 17.4. The Morgan fingerprint density at radius 1 is 1.06 bits per heavy atom. The summed E-state index contributed by atoms with van der Waals surface area (Å²) in [5.74, 6) is 0.425. The van der Waals surface area contributed by atoms with Gasteiger partial charge in [-0.2, -0.15) is 0 Å². The largest absolute Gasteiger partial charge is 0.416 e. The van der Waals surface area contributed by atoms with Gasteiger partial charge in [0.05, 0.1) is 6.54 Å². The van der Waals surface area contributed by atoms with Gasteiger partial charge >= 0.3 is 0 Å². The molecule has 3 aromatic rings. The van der Waals surface area contributed by atoms with Gasteiger partial charge in [0, 0.05) is 35.8 Å². The SMILES string of the molecule is Cc1cccc(-c2nnc(-c3ccc(C(=O)NC4CCN(CC(N)=O)CC4)cc3)o2)c1. The molecule has 4 rings (SSSR count). The number of aromatic nitrogens is 2. The molecule has 31 heavy (non-hydrogen) atoms. The van der Waals surface area contributed by atoms with E-state index in [1.165, 1.54) is 0 Å². The molecule has 0 spiro atoms. The summed E-state index contributed by atoms with van der Waals surface area (Å²) in [5.41, 5.74) is 8.55. The lowest BCUT2D eigenvalue weighted by Crippen LogP contribution is -2.46. The number of aryl methyl sites for hydroxylation is 1. The molecule has 1 aliphatic rings. The van der Waals surface area contributed by atoms with E-state index in [1.54, 1.807) is 24.3 Å². The molecule has 0 radical (unpaired) electrons. The molecule has 2 heterocycles. The molecule has 1 fully saturated rings. The van der Waals surface area contributed by atoms with Crippen molar-refractivity contribution in [3.05, 3.63) is 59.7 Å². The first-order valence-electron chi connectivity index (χ1n) is 10.3. The first-order chi connectivity index (χ1) is 15.0. The van der Waals surface area contributed by atoms with Crippen LogP contribution in [0.25, 0.3) is 22.9 Å². The highest BCUT2D eigenvalue weighted by atomic mass is 16.4. The average molecular weight is 419 g/mol. The van der Waals surface area contributed by atoms with Crippen LogP contribution < -0.4 is 11.1 Å². The van der Waals surface area contributed by atoms with Crippen LogP contribution in [-0.4, -0.2) is 52.6 Å². The van der Waals surface area contributed by atoms with Gasteiger partial charge in [-0.05, 0) is 56.2 Å². The third-order valence-electron chi connectivity index (χ3n) is 5.39. The quantitative estimate of drug-likeness (QED) is 0.634. The van der Waals surface area contributed by atoms with Crippen molar-refractivity contribution in [3.63, 3.8) is 0 Å². The van der Waals surface area contributed by atoms with Gasteiger partial charge in [-0.3, -0.25) is 14.5 Å². The number of benzene rings is 2. The standard InChI is InChI=1S/C23H25N5O3/c1-15-3-2-4-18(13-15)23-27-26-22(31-23)17-7-5-16(6-8-17)21(30)25-19-9-11-28(12-10-19)14-20(24)29/h2-8,13,19H,9-12,14H2,1H3,(H2,24,29)(H,25,30). The Morgan fingerprint density at radius 2 is 1.74 bits per heavy atom. The van der Waals surface area contributed by atoms with Gasteiger partial charge in [-0.15, -0.1) is 10.2 Å². The number of piperidine rings is 1. The van der Waals surface area contributed by atoms with Gasteiger partial charge in [-0.1, -0.05) is 17.7 Å². The first-order valence-corrected chi connectivity index (χ1v) is 10.3. The first kappa shape index (κ1) is 20.7. The molecule has 1 aromatic heterocycles. The zero-order chi connectivity index (χ0) is 21.8. The summed E-state index contributed by atoms with van der Waals surface area (Å²) >= 11 is 0. The van der Waals surface area contributed by atoms with Crippen LogP contribution in [0.4, 0.5) is 0 Å². The van der Waals surface area contributed by atoms with Crippen molar-refractivity contribution in [3.8, 4) is 22.9 Å². The van der Waals surface area contributed by atoms with E-state index >= 15 is 0 Å². The van der Waals surface area contributed by atoms with Crippen LogP contribution in [0, 0.1) is 6.92 Å². The molecule has 0 saturated carbocycles. The van der Waals surface area contributed by atoms with E-state index in [-0.39, 0.29) is 24.4 Å². The highest BCUT2D eigenvalue weighted by molar-refractivity contribution is 5.94. The summed E-state index contributed by atoms with van der Waals surface area (Å²) in [6, 6.07) is 15.1. The molecule has 8 nitrogen and oxygen atoms in total. The summed E-state index contributed by atoms with van der Waals surface area (Å²) in [7, 11) is 0. The number of nitrogens with one attached hydrogen (secondary N) is 1. The number of amides is 2. The molecule has 3 N–H and O–H groups in total. The van der Waals surface area contributed by atoms with Crippen molar-refractivity contribution in [2.45, 2.75) is 25.8 Å². The Kier molecular flexibility index (Phi) is 6.08. The number of likely N-dealkylation sites (tertiary alicyclic amines) is 1. The average Bonchev–Trinajstić information content (AvgIpc) is 3.25. The van der Waals surface area contributed by atoms with E-state index in [9.17, 15) is 9.59 Å². The number of carbonyl (C=O) groups is 2. The third kappa shape index (κ3) is 5.16. The predicted molar refractivity (Wildman–Crippen MR) is 116 cm³/mol. The zero-order valence-corrected chi connectivity index (χ0v) is 17.4. The lowest BCUT2D eigenvalue weighted by atomic mass is 10.0. The lowest BCUT2D eigenvalue weighted by molar-refractivity contribution is -0.119.